The molecule has 1 N–H and O–H groups in total. The van der Waals surface area contributed by atoms with Crippen molar-refractivity contribution in [1.82, 2.24) is 4.57 Å². The van der Waals surface area contributed by atoms with Gasteiger partial charge in [0.2, 0.25) is 0 Å². The van der Waals surface area contributed by atoms with E-state index < -0.39 is 23.9 Å². The van der Waals surface area contributed by atoms with Crippen molar-refractivity contribution in [3.63, 3.8) is 0 Å². The third-order valence-corrected chi connectivity index (χ3v) is 2.63. The Labute approximate surface area is 113 Å². The van der Waals surface area contributed by atoms with Crippen molar-refractivity contribution in [3.8, 4) is 5.75 Å². The molecule has 0 bridgehead atoms. The summed E-state index contributed by atoms with van der Waals surface area (Å²) in [5, 5.41) is 8.68. The zero-order valence-corrected chi connectivity index (χ0v) is 10.5. The number of hydrogen-bond acceptors (Lipinski definition) is 3. The first-order valence-electron chi connectivity index (χ1n) is 5.85. The molecule has 0 amide bonds. The number of ether oxygens (including phenoxy) is 1. The summed E-state index contributed by atoms with van der Waals surface area (Å²) >= 11 is 0. The van der Waals surface area contributed by atoms with Gasteiger partial charge in [0, 0.05) is 11.8 Å². The van der Waals surface area contributed by atoms with Crippen molar-refractivity contribution in [2.75, 3.05) is 0 Å². The van der Waals surface area contributed by atoms with E-state index >= 15 is 0 Å². The van der Waals surface area contributed by atoms with E-state index in [4.69, 9.17) is 9.84 Å². The minimum atomic E-state index is -1.13. The number of aliphatic carboxylic acids is 1. The molecule has 0 atom stereocenters. The lowest BCUT2D eigenvalue weighted by atomic mass is 10.2. The van der Waals surface area contributed by atoms with Crippen molar-refractivity contribution in [3.05, 3.63) is 64.3 Å². The highest BCUT2D eigenvalue weighted by molar-refractivity contribution is 5.66. The van der Waals surface area contributed by atoms with Crippen LogP contribution < -0.4 is 10.3 Å². The molecule has 0 aliphatic carbocycles. The molecule has 2 rings (SSSR count). The standard InChI is InChI=1S/C14H12FNO4/c15-11-5-2-1-4-10(11)9-20-12-6-3-7-16(14(12)19)8-13(17)18/h1-7H,8-9H2,(H,17,18). The van der Waals surface area contributed by atoms with Crippen LogP contribution in [0.3, 0.4) is 0 Å². The minimum absolute atomic E-state index is 0.0167. The quantitative estimate of drug-likeness (QED) is 0.902. The van der Waals surface area contributed by atoms with E-state index in [1.165, 1.54) is 24.4 Å². The molecule has 0 fully saturated rings. The normalized spacial score (nSPS) is 10.2. The molecule has 1 aromatic carbocycles. The number of aromatic nitrogens is 1. The summed E-state index contributed by atoms with van der Waals surface area (Å²) in [4.78, 5) is 22.5. The van der Waals surface area contributed by atoms with E-state index in [0.29, 0.717) is 5.56 Å². The second kappa shape index (κ2) is 6.01. The molecular weight excluding hydrogens is 265 g/mol. The molecule has 0 unspecified atom stereocenters. The predicted octanol–water partition coefficient (Wildman–Crippen LogP) is 1.65. The average Bonchev–Trinajstić information content (AvgIpc) is 2.41. The molecule has 1 aromatic heterocycles. The Morgan fingerprint density at radius 3 is 2.70 bits per heavy atom. The van der Waals surface area contributed by atoms with Gasteiger partial charge in [0.15, 0.2) is 5.75 Å². The largest absolute Gasteiger partial charge is 0.483 e. The fourth-order valence-electron chi connectivity index (χ4n) is 1.67. The monoisotopic (exact) mass is 277 g/mol. The molecule has 0 saturated heterocycles. The zero-order chi connectivity index (χ0) is 14.5. The fourth-order valence-corrected chi connectivity index (χ4v) is 1.67. The van der Waals surface area contributed by atoms with Crippen molar-refractivity contribution in [2.24, 2.45) is 0 Å². The van der Waals surface area contributed by atoms with Gasteiger partial charge in [-0.3, -0.25) is 9.59 Å². The van der Waals surface area contributed by atoms with Crippen LogP contribution in [0.1, 0.15) is 5.56 Å². The Bertz CT molecular complexity index is 681. The van der Waals surface area contributed by atoms with Crippen LogP contribution in [0.5, 0.6) is 5.75 Å². The highest BCUT2D eigenvalue weighted by atomic mass is 19.1. The second-order valence-corrected chi connectivity index (χ2v) is 4.08. The lowest BCUT2D eigenvalue weighted by Gasteiger charge is -2.08. The molecule has 104 valence electrons. The van der Waals surface area contributed by atoms with Gasteiger partial charge in [-0.15, -0.1) is 0 Å². The lowest BCUT2D eigenvalue weighted by molar-refractivity contribution is -0.137. The van der Waals surface area contributed by atoms with E-state index in [2.05, 4.69) is 0 Å². The summed E-state index contributed by atoms with van der Waals surface area (Å²) in [5.74, 6) is -1.57. The van der Waals surface area contributed by atoms with E-state index in [1.807, 2.05) is 0 Å². The fraction of sp³-hybridized carbons (Fsp3) is 0.143. The van der Waals surface area contributed by atoms with Crippen LogP contribution in [0, 0.1) is 5.82 Å². The van der Waals surface area contributed by atoms with Crippen molar-refractivity contribution >= 4 is 5.97 Å². The Morgan fingerprint density at radius 2 is 2.00 bits per heavy atom. The van der Waals surface area contributed by atoms with Gasteiger partial charge in [-0.25, -0.2) is 4.39 Å². The Kier molecular flexibility index (Phi) is 4.14. The van der Waals surface area contributed by atoms with Gasteiger partial charge in [-0.05, 0) is 18.2 Å². The smallest absolute Gasteiger partial charge is 0.323 e. The summed E-state index contributed by atoms with van der Waals surface area (Å²) in [5.41, 5.74) is -0.244. The molecule has 2 aromatic rings. The summed E-state index contributed by atoms with van der Waals surface area (Å²) in [7, 11) is 0. The number of pyridine rings is 1. The molecular formula is C14H12FNO4. The molecule has 0 radical (unpaired) electrons. The summed E-state index contributed by atoms with van der Waals surface area (Å²) < 4.78 is 19.7. The first-order valence-corrected chi connectivity index (χ1v) is 5.85. The third-order valence-electron chi connectivity index (χ3n) is 2.63. The van der Waals surface area contributed by atoms with Crippen LogP contribution in [0.4, 0.5) is 4.39 Å². The van der Waals surface area contributed by atoms with Crippen LogP contribution in [0.15, 0.2) is 47.4 Å². The number of carboxylic acids is 1. The van der Waals surface area contributed by atoms with Crippen LogP contribution in [0.25, 0.3) is 0 Å². The van der Waals surface area contributed by atoms with Gasteiger partial charge in [-0.1, -0.05) is 18.2 Å². The second-order valence-electron chi connectivity index (χ2n) is 4.08. The number of hydrogen-bond donors (Lipinski definition) is 1. The number of rotatable bonds is 5. The number of carbonyl (C=O) groups is 1. The molecule has 6 heteroatoms. The summed E-state index contributed by atoms with van der Waals surface area (Å²) in [6.45, 7) is -0.547. The van der Waals surface area contributed by atoms with Gasteiger partial charge < -0.3 is 14.4 Å². The average molecular weight is 277 g/mol. The maximum Gasteiger partial charge on any atom is 0.323 e. The van der Waals surface area contributed by atoms with Crippen LogP contribution in [-0.4, -0.2) is 15.6 Å². The molecule has 0 aliphatic heterocycles. The number of carboxylic acid groups (broad SMARTS) is 1. The maximum absolute atomic E-state index is 13.4. The maximum atomic E-state index is 13.4. The van der Waals surface area contributed by atoms with Crippen molar-refractivity contribution in [2.45, 2.75) is 13.2 Å². The van der Waals surface area contributed by atoms with Gasteiger partial charge >= 0.3 is 5.97 Å². The van der Waals surface area contributed by atoms with E-state index in [9.17, 15) is 14.0 Å². The topological polar surface area (TPSA) is 68.5 Å². The molecule has 0 saturated carbocycles. The minimum Gasteiger partial charge on any atom is -0.483 e. The first-order chi connectivity index (χ1) is 9.58. The van der Waals surface area contributed by atoms with E-state index in [0.717, 1.165) is 4.57 Å². The lowest BCUT2D eigenvalue weighted by Crippen LogP contribution is -2.24. The zero-order valence-electron chi connectivity index (χ0n) is 10.5. The van der Waals surface area contributed by atoms with Gasteiger partial charge in [0.05, 0.1) is 0 Å². The highest BCUT2D eigenvalue weighted by Crippen LogP contribution is 2.10. The van der Waals surface area contributed by atoms with Gasteiger partial charge in [0.1, 0.15) is 19.0 Å². The van der Waals surface area contributed by atoms with E-state index in [1.54, 1.807) is 18.2 Å². The van der Waals surface area contributed by atoms with Crippen LogP contribution >= 0.6 is 0 Å². The predicted molar refractivity (Wildman–Crippen MR) is 69.1 cm³/mol. The molecule has 0 spiro atoms. The number of benzene rings is 1. The molecule has 0 aliphatic rings. The SMILES string of the molecule is O=C(O)Cn1cccc(OCc2ccccc2F)c1=O. The molecule has 5 nitrogen and oxygen atoms in total. The summed E-state index contributed by atoms with van der Waals surface area (Å²) in [6.07, 6.45) is 1.35. The van der Waals surface area contributed by atoms with Crippen molar-refractivity contribution in [1.29, 1.82) is 0 Å². The number of halogens is 1. The van der Waals surface area contributed by atoms with Gasteiger partial charge in [-0.2, -0.15) is 0 Å². The van der Waals surface area contributed by atoms with E-state index in [-0.39, 0.29) is 12.4 Å². The summed E-state index contributed by atoms with van der Waals surface area (Å²) in [6, 6.07) is 8.99. The molecule has 20 heavy (non-hydrogen) atoms. The van der Waals surface area contributed by atoms with Crippen LogP contribution in [-0.2, 0) is 17.9 Å². The van der Waals surface area contributed by atoms with Crippen LogP contribution in [0.2, 0.25) is 0 Å². The Balaban J connectivity index is 2.16. The Hall–Kier alpha value is -2.63. The Morgan fingerprint density at radius 1 is 1.25 bits per heavy atom. The molecule has 1 heterocycles. The van der Waals surface area contributed by atoms with Crippen molar-refractivity contribution < 1.29 is 19.0 Å². The van der Waals surface area contributed by atoms with Gasteiger partial charge in [0.25, 0.3) is 5.56 Å². The number of nitrogens with zero attached hydrogens (tertiary/aromatic N) is 1. The first kappa shape index (κ1) is 13.8. The third kappa shape index (κ3) is 3.23. The highest BCUT2D eigenvalue weighted by Gasteiger charge is 2.08.